The van der Waals surface area contributed by atoms with Crippen LogP contribution in [0, 0.1) is 12.0 Å². The first-order chi connectivity index (χ1) is 3.29. The molecule has 7 heavy (non-hydrogen) atoms. The van der Waals surface area contributed by atoms with E-state index in [2.05, 4.69) is 26.0 Å². The average molecular weight is 93.1 g/mol. The molecular formula is C7H9. The van der Waals surface area contributed by atoms with Gasteiger partial charge in [0.15, 0.2) is 0 Å². The van der Waals surface area contributed by atoms with Gasteiger partial charge >= 0.3 is 0 Å². The van der Waals surface area contributed by atoms with Crippen molar-refractivity contribution in [1.82, 2.24) is 0 Å². The first kappa shape index (κ1) is 4.63. The molecule has 0 aliphatic heterocycles. The van der Waals surface area contributed by atoms with E-state index in [1.54, 1.807) is 0 Å². The molecule has 1 rings (SSSR count). The quantitative estimate of drug-likeness (QED) is 0.429. The predicted octanol–water partition coefficient (Wildman–Crippen LogP) is 1.94. The van der Waals surface area contributed by atoms with Crippen LogP contribution in [0.3, 0.4) is 0 Å². The molecule has 0 aromatic carbocycles. The maximum atomic E-state index is 3.15. The molecule has 0 saturated carbocycles. The van der Waals surface area contributed by atoms with Crippen molar-refractivity contribution in [3.63, 3.8) is 0 Å². The van der Waals surface area contributed by atoms with Gasteiger partial charge in [-0.05, 0) is 18.9 Å². The zero-order chi connectivity index (χ0) is 5.28. The molecular weight excluding hydrogens is 84.1 g/mol. The normalized spacial score (nSPS) is 28.3. The van der Waals surface area contributed by atoms with Crippen molar-refractivity contribution in [2.45, 2.75) is 13.8 Å². The molecule has 0 saturated heterocycles. The van der Waals surface area contributed by atoms with Crippen LogP contribution >= 0.6 is 0 Å². The summed E-state index contributed by atoms with van der Waals surface area (Å²) in [6, 6.07) is 0. The summed E-state index contributed by atoms with van der Waals surface area (Å²) < 4.78 is 0. The molecule has 0 heterocycles. The summed E-state index contributed by atoms with van der Waals surface area (Å²) in [5.74, 6) is 0.556. The highest BCUT2D eigenvalue weighted by Gasteiger charge is 1.97. The zero-order valence-electron chi connectivity index (χ0n) is 4.73. The van der Waals surface area contributed by atoms with Gasteiger partial charge in [0.1, 0.15) is 0 Å². The van der Waals surface area contributed by atoms with Crippen LogP contribution in [-0.2, 0) is 0 Å². The predicted molar refractivity (Wildman–Crippen MR) is 30.7 cm³/mol. The van der Waals surface area contributed by atoms with E-state index in [-0.39, 0.29) is 0 Å². The SMILES string of the molecule is CC1=CC(C)[C]=C1. The van der Waals surface area contributed by atoms with Crippen LogP contribution in [0.4, 0.5) is 0 Å². The first-order valence-electron chi connectivity index (χ1n) is 2.57. The van der Waals surface area contributed by atoms with E-state index in [0.717, 1.165) is 0 Å². The van der Waals surface area contributed by atoms with E-state index in [0.29, 0.717) is 5.92 Å². The Hall–Kier alpha value is -0.520. The van der Waals surface area contributed by atoms with E-state index in [1.807, 2.05) is 6.08 Å². The molecule has 0 N–H and O–H groups in total. The fourth-order valence-electron chi connectivity index (χ4n) is 0.753. The highest BCUT2D eigenvalue weighted by molar-refractivity contribution is 5.22. The van der Waals surface area contributed by atoms with Crippen molar-refractivity contribution in [2.24, 2.45) is 5.92 Å². The smallest absolute Gasteiger partial charge is 0.000168 e. The van der Waals surface area contributed by atoms with Crippen molar-refractivity contribution in [3.05, 3.63) is 23.8 Å². The van der Waals surface area contributed by atoms with Gasteiger partial charge in [-0.3, -0.25) is 0 Å². The highest BCUT2D eigenvalue weighted by atomic mass is 14.0. The fraction of sp³-hybridized carbons (Fsp3) is 0.429. The molecule has 0 heteroatoms. The summed E-state index contributed by atoms with van der Waals surface area (Å²) in [4.78, 5) is 0. The molecule has 1 unspecified atom stereocenters. The third kappa shape index (κ3) is 0.923. The van der Waals surface area contributed by atoms with E-state index >= 15 is 0 Å². The lowest BCUT2D eigenvalue weighted by molar-refractivity contribution is 0.927. The number of hydrogen-bond donors (Lipinski definition) is 0. The third-order valence-corrected chi connectivity index (χ3v) is 1.09. The summed E-state index contributed by atoms with van der Waals surface area (Å²) in [7, 11) is 0. The Morgan fingerprint density at radius 2 is 2.43 bits per heavy atom. The van der Waals surface area contributed by atoms with Crippen LogP contribution in [-0.4, -0.2) is 0 Å². The Bertz CT molecular complexity index is 118. The summed E-state index contributed by atoms with van der Waals surface area (Å²) in [5, 5.41) is 0. The number of hydrogen-bond acceptors (Lipinski definition) is 0. The Morgan fingerprint density at radius 1 is 1.71 bits per heavy atom. The zero-order valence-corrected chi connectivity index (χ0v) is 4.73. The second-order valence-electron chi connectivity index (χ2n) is 2.01. The van der Waals surface area contributed by atoms with E-state index in [1.165, 1.54) is 5.57 Å². The van der Waals surface area contributed by atoms with Gasteiger partial charge < -0.3 is 0 Å². The highest BCUT2D eigenvalue weighted by Crippen LogP contribution is 2.11. The molecule has 0 spiro atoms. The molecule has 37 valence electrons. The minimum absolute atomic E-state index is 0.556. The number of allylic oxidation sites excluding steroid dienone is 4. The monoisotopic (exact) mass is 93.1 g/mol. The standard InChI is InChI=1S/C7H9/c1-6-3-4-7(2)5-6/h3,5,7H,1-2H3. The van der Waals surface area contributed by atoms with Gasteiger partial charge in [-0.1, -0.05) is 24.6 Å². The molecule has 0 nitrogen and oxygen atoms in total. The average Bonchev–Trinajstić information content (AvgIpc) is 1.87. The molecule has 0 fully saturated rings. The van der Waals surface area contributed by atoms with Crippen LogP contribution in [0.2, 0.25) is 0 Å². The summed E-state index contributed by atoms with van der Waals surface area (Å²) in [6.07, 6.45) is 7.38. The summed E-state index contributed by atoms with van der Waals surface area (Å²) in [6.45, 7) is 4.23. The van der Waals surface area contributed by atoms with Crippen molar-refractivity contribution >= 4 is 0 Å². The fourth-order valence-corrected chi connectivity index (χ4v) is 0.753. The lowest BCUT2D eigenvalue weighted by Crippen LogP contribution is -1.74. The van der Waals surface area contributed by atoms with Gasteiger partial charge in [-0.25, -0.2) is 0 Å². The van der Waals surface area contributed by atoms with Crippen LogP contribution < -0.4 is 0 Å². The lowest BCUT2D eigenvalue weighted by Gasteiger charge is -1.84. The van der Waals surface area contributed by atoms with E-state index in [4.69, 9.17) is 0 Å². The van der Waals surface area contributed by atoms with Crippen LogP contribution in [0.25, 0.3) is 0 Å². The molecule has 0 aromatic heterocycles. The second-order valence-corrected chi connectivity index (χ2v) is 2.01. The molecule has 0 amide bonds. The van der Waals surface area contributed by atoms with Gasteiger partial charge in [0.25, 0.3) is 0 Å². The molecule has 1 aliphatic rings. The minimum Gasteiger partial charge on any atom is -0.0743 e. The summed E-state index contributed by atoms with van der Waals surface area (Å²) in [5.41, 5.74) is 1.34. The maximum absolute atomic E-state index is 3.15. The lowest BCUT2D eigenvalue weighted by atomic mass is 10.2. The second kappa shape index (κ2) is 1.53. The third-order valence-electron chi connectivity index (χ3n) is 1.09. The van der Waals surface area contributed by atoms with Crippen molar-refractivity contribution in [3.8, 4) is 0 Å². The van der Waals surface area contributed by atoms with Crippen molar-refractivity contribution < 1.29 is 0 Å². The van der Waals surface area contributed by atoms with E-state index in [9.17, 15) is 0 Å². The Labute approximate surface area is 44.5 Å². The van der Waals surface area contributed by atoms with Crippen molar-refractivity contribution in [2.75, 3.05) is 0 Å². The Balaban J connectivity index is 2.69. The molecule has 1 radical (unpaired) electrons. The van der Waals surface area contributed by atoms with Gasteiger partial charge in [0, 0.05) is 0 Å². The molecule has 0 bridgehead atoms. The van der Waals surface area contributed by atoms with E-state index < -0.39 is 0 Å². The van der Waals surface area contributed by atoms with Gasteiger partial charge in [0.05, 0.1) is 0 Å². The summed E-state index contributed by atoms with van der Waals surface area (Å²) >= 11 is 0. The van der Waals surface area contributed by atoms with Crippen LogP contribution in [0.15, 0.2) is 17.7 Å². The Morgan fingerprint density at radius 3 is 2.57 bits per heavy atom. The van der Waals surface area contributed by atoms with Gasteiger partial charge in [-0.15, -0.1) is 0 Å². The number of rotatable bonds is 0. The largest absolute Gasteiger partial charge is 0.0743 e. The van der Waals surface area contributed by atoms with Crippen LogP contribution in [0.1, 0.15) is 13.8 Å². The maximum Gasteiger partial charge on any atom is -0.000168 e. The Kier molecular flexibility index (Phi) is 1.01. The van der Waals surface area contributed by atoms with Gasteiger partial charge in [-0.2, -0.15) is 0 Å². The minimum atomic E-state index is 0.556. The molecule has 1 aliphatic carbocycles. The first-order valence-corrected chi connectivity index (χ1v) is 2.57. The van der Waals surface area contributed by atoms with Crippen molar-refractivity contribution in [1.29, 1.82) is 0 Å². The molecule has 1 atom stereocenters. The molecule has 0 aromatic rings. The topological polar surface area (TPSA) is 0 Å². The van der Waals surface area contributed by atoms with Gasteiger partial charge in [0.2, 0.25) is 0 Å². The van der Waals surface area contributed by atoms with Crippen LogP contribution in [0.5, 0.6) is 0 Å².